The summed E-state index contributed by atoms with van der Waals surface area (Å²) < 4.78 is 1.18. The molecule has 0 aliphatic heterocycles. The molecule has 0 atom stereocenters. The Kier molecular flexibility index (Phi) is 2.23. The molecule has 82 valence electrons. The Balaban J connectivity index is 3.01. The largest absolute Gasteiger partial charge is 0.506 e. The van der Waals surface area contributed by atoms with E-state index >= 15 is 0 Å². The first-order valence-electron chi connectivity index (χ1n) is 4.72. The maximum atomic E-state index is 11.9. The van der Waals surface area contributed by atoms with Crippen LogP contribution < -0.4 is 5.56 Å². The molecule has 5 nitrogen and oxygen atoms in total. The predicted octanol–water partition coefficient (Wildman–Crippen LogP) is 0.842. The van der Waals surface area contributed by atoms with Crippen LogP contribution in [0.5, 0.6) is 5.75 Å². The molecule has 0 saturated carbocycles. The number of fused-ring (bicyclic) bond motifs is 1. The van der Waals surface area contributed by atoms with Crippen molar-refractivity contribution in [3.63, 3.8) is 0 Å². The van der Waals surface area contributed by atoms with Gasteiger partial charge in [-0.15, -0.1) is 0 Å². The molecule has 1 aromatic heterocycles. The third-order valence-electron chi connectivity index (χ3n) is 2.40. The van der Waals surface area contributed by atoms with Crippen molar-refractivity contribution in [2.24, 2.45) is 7.05 Å². The summed E-state index contributed by atoms with van der Waals surface area (Å²) in [4.78, 5) is 27.1. The van der Waals surface area contributed by atoms with Gasteiger partial charge in [-0.2, -0.15) is 0 Å². The number of hydrogen-bond acceptors (Lipinski definition) is 4. The van der Waals surface area contributed by atoms with E-state index in [1.807, 2.05) is 0 Å². The molecule has 1 N–H and O–H groups in total. The summed E-state index contributed by atoms with van der Waals surface area (Å²) in [5.74, 6) is -0.374. The Labute approximate surface area is 91.0 Å². The Morgan fingerprint density at radius 2 is 2.12 bits per heavy atom. The average molecular weight is 218 g/mol. The van der Waals surface area contributed by atoms with Crippen LogP contribution in [0.3, 0.4) is 0 Å². The number of phenols is 1. The van der Waals surface area contributed by atoms with Crippen LogP contribution in [-0.4, -0.2) is 20.4 Å². The minimum absolute atomic E-state index is 0.0407. The van der Waals surface area contributed by atoms with Crippen molar-refractivity contribution in [3.05, 3.63) is 34.4 Å². The van der Waals surface area contributed by atoms with Gasteiger partial charge < -0.3 is 5.11 Å². The van der Waals surface area contributed by atoms with Gasteiger partial charge >= 0.3 is 0 Å². The number of aromatic nitrogens is 2. The monoisotopic (exact) mass is 218 g/mol. The number of carbonyl (C=O) groups is 1. The molecular weight excluding hydrogens is 208 g/mol. The number of nitrogens with zero attached hydrogens (tertiary/aromatic N) is 2. The third-order valence-corrected chi connectivity index (χ3v) is 2.40. The zero-order chi connectivity index (χ0) is 11.9. The first kappa shape index (κ1) is 10.4. The van der Waals surface area contributed by atoms with Crippen LogP contribution in [0.15, 0.2) is 23.0 Å². The fourth-order valence-corrected chi connectivity index (χ4v) is 1.59. The SMILES string of the molecule is CC(=O)c1nc2c(O)cccc2c(=O)n1C. The summed E-state index contributed by atoms with van der Waals surface area (Å²) in [7, 11) is 1.48. The zero-order valence-electron chi connectivity index (χ0n) is 8.89. The standard InChI is InChI=1S/C11H10N2O3/c1-6(14)10-12-9-7(11(16)13(10)2)4-3-5-8(9)15/h3-5,15H,1-2H3. The molecule has 5 heteroatoms. The van der Waals surface area contributed by atoms with E-state index in [9.17, 15) is 14.7 Å². The molecule has 0 bridgehead atoms. The molecule has 2 aromatic rings. The zero-order valence-corrected chi connectivity index (χ0v) is 8.89. The second-order valence-electron chi connectivity index (χ2n) is 3.53. The molecule has 0 aliphatic carbocycles. The highest BCUT2D eigenvalue weighted by Gasteiger charge is 2.13. The highest BCUT2D eigenvalue weighted by molar-refractivity contribution is 5.93. The quantitative estimate of drug-likeness (QED) is 0.720. The van der Waals surface area contributed by atoms with Crippen LogP contribution in [0.25, 0.3) is 10.9 Å². The van der Waals surface area contributed by atoms with Gasteiger partial charge in [0.2, 0.25) is 0 Å². The van der Waals surface area contributed by atoms with Crippen LogP contribution in [-0.2, 0) is 7.05 Å². The predicted molar refractivity (Wildman–Crippen MR) is 58.7 cm³/mol. The van der Waals surface area contributed by atoms with Gasteiger partial charge in [-0.3, -0.25) is 14.2 Å². The molecule has 2 rings (SSSR count). The molecule has 0 saturated heterocycles. The molecule has 1 heterocycles. The van der Waals surface area contributed by atoms with Crippen molar-refractivity contribution in [1.29, 1.82) is 0 Å². The molecule has 0 spiro atoms. The first-order valence-corrected chi connectivity index (χ1v) is 4.72. The van der Waals surface area contributed by atoms with Crippen LogP contribution in [0.2, 0.25) is 0 Å². The van der Waals surface area contributed by atoms with Gasteiger partial charge in [0, 0.05) is 14.0 Å². The number of aromatic hydroxyl groups is 1. The van der Waals surface area contributed by atoms with Crippen molar-refractivity contribution < 1.29 is 9.90 Å². The summed E-state index contributed by atoms with van der Waals surface area (Å²) in [6.45, 7) is 1.33. The maximum Gasteiger partial charge on any atom is 0.261 e. The van der Waals surface area contributed by atoms with Gasteiger partial charge in [0.15, 0.2) is 11.6 Å². The van der Waals surface area contributed by atoms with E-state index in [-0.39, 0.29) is 28.4 Å². The van der Waals surface area contributed by atoms with E-state index < -0.39 is 0 Å². The molecular formula is C11H10N2O3. The number of hydrogen-bond donors (Lipinski definition) is 1. The highest BCUT2D eigenvalue weighted by atomic mass is 16.3. The summed E-state index contributed by atoms with van der Waals surface area (Å²) in [5.41, 5.74) is -0.179. The normalized spacial score (nSPS) is 10.6. The number of ketones is 1. The topological polar surface area (TPSA) is 72.2 Å². The lowest BCUT2D eigenvalue weighted by atomic mass is 10.2. The fourth-order valence-electron chi connectivity index (χ4n) is 1.59. The van der Waals surface area contributed by atoms with Crippen LogP contribution >= 0.6 is 0 Å². The first-order chi connectivity index (χ1) is 7.52. The minimum atomic E-state index is -0.342. The van der Waals surface area contributed by atoms with E-state index in [0.717, 1.165) is 0 Å². The van der Waals surface area contributed by atoms with E-state index in [1.54, 1.807) is 12.1 Å². The Morgan fingerprint density at radius 3 is 2.75 bits per heavy atom. The van der Waals surface area contributed by atoms with Gasteiger partial charge in [-0.05, 0) is 12.1 Å². The van der Waals surface area contributed by atoms with Crippen LogP contribution in [0.1, 0.15) is 17.5 Å². The number of carbonyl (C=O) groups excluding carboxylic acids is 1. The molecule has 0 aliphatic rings. The summed E-state index contributed by atoms with van der Waals surface area (Å²) in [6, 6.07) is 4.56. The third kappa shape index (κ3) is 1.37. The van der Waals surface area contributed by atoms with Crippen molar-refractivity contribution in [2.75, 3.05) is 0 Å². The van der Waals surface area contributed by atoms with E-state index in [0.29, 0.717) is 5.39 Å². The van der Waals surface area contributed by atoms with Gasteiger partial charge in [0.05, 0.1) is 5.39 Å². The lowest BCUT2D eigenvalue weighted by molar-refractivity contribution is 0.0999. The lowest BCUT2D eigenvalue weighted by Crippen LogP contribution is -2.24. The Bertz CT molecular complexity index is 643. The second-order valence-corrected chi connectivity index (χ2v) is 3.53. The van der Waals surface area contributed by atoms with Crippen molar-refractivity contribution in [2.45, 2.75) is 6.92 Å². The average Bonchev–Trinajstić information content (AvgIpc) is 2.23. The van der Waals surface area contributed by atoms with Crippen molar-refractivity contribution in [3.8, 4) is 5.75 Å². The number of Topliss-reactive ketones (excluding diaryl/α,β-unsaturated/α-hetero) is 1. The second kappa shape index (κ2) is 3.44. The molecule has 0 amide bonds. The smallest absolute Gasteiger partial charge is 0.261 e. The summed E-state index contributed by atoms with van der Waals surface area (Å²) >= 11 is 0. The van der Waals surface area contributed by atoms with Gasteiger partial charge in [-0.25, -0.2) is 4.98 Å². The van der Waals surface area contributed by atoms with Gasteiger partial charge in [-0.1, -0.05) is 6.07 Å². The summed E-state index contributed by atoms with van der Waals surface area (Å²) in [6.07, 6.45) is 0. The van der Waals surface area contributed by atoms with E-state index in [4.69, 9.17) is 0 Å². The molecule has 1 aromatic carbocycles. The molecule has 0 unspecified atom stereocenters. The molecule has 16 heavy (non-hydrogen) atoms. The van der Waals surface area contributed by atoms with Crippen LogP contribution in [0.4, 0.5) is 0 Å². The number of benzene rings is 1. The summed E-state index contributed by atoms with van der Waals surface area (Å²) in [5, 5.41) is 9.87. The Morgan fingerprint density at radius 1 is 1.44 bits per heavy atom. The van der Waals surface area contributed by atoms with Crippen molar-refractivity contribution >= 4 is 16.7 Å². The molecule has 0 fully saturated rings. The number of rotatable bonds is 1. The van der Waals surface area contributed by atoms with Crippen LogP contribution in [0, 0.1) is 0 Å². The molecule has 0 radical (unpaired) electrons. The fraction of sp³-hybridized carbons (Fsp3) is 0.182. The van der Waals surface area contributed by atoms with Gasteiger partial charge in [0.1, 0.15) is 11.3 Å². The number of para-hydroxylation sites is 1. The minimum Gasteiger partial charge on any atom is -0.506 e. The van der Waals surface area contributed by atoms with Crippen molar-refractivity contribution in [1.82, 2.24) is 9.55 Å². The Hall–Kier alpha value is -2.17. The maximum absolute atomic E-state index is 11.9. The highest BCUT2D eigenvalue weighted by Crippen LogP contribution is 2.19. The van der Waals surface area contributed by atoms with E-state index in [1.165, 1.54) is 24.6 Å². The van der Waals surface area contributed by atoms with E-state index in [2.05, 4.69) is 4.98 Å². The lowest BCUT2D eigenvalue weighted by Gasteiger charge is -2.06. The van der Waals surface area contributed by atoms with Gasteiger partial charge in [0.25, 0.3) is 5.56 Å². The number of phenolic OH excluding ortho intramolecular Hbond substituents is 1.